The molecule has 0 atom stereocenters. The van der Waals surface area contributed by atoms with Gasteiger partial charge < -0.3 is 5.73 Å². The first-order valence-electron chi connectivity index (χ1n) is 3.46. The Morgan fingerprint density at radius 2 is 2.42 bits per heavy atom. The molecule has 62 valence electrons. The average Bonchev–Trinajstić information content (AvgIpc) is 2.05. The maximum atomic E-state index is 5.36. The van der Waals surface area contributed by atoms with E-state index in [4.69, 9.17) is 5.73 Å². The van der Waals surface area contributed by atoms with Gasteiger partial charge >= 0.3 is 0 Å². The fourth-order valence-corrected chi connectivity index (χ4v) is 0.842. The van der Waals surface area contributed by atoms with Crippen LogP contribution in [0.5, 0.6) is 0 Å². The molecule has 0 bridgehead atoms. The van der Waals surface area contributed by atoms with Gasteiger partial charge in [0.25, 0.3) is 0 Å². The van der Waals surface area contributed by atoms with E-state index in [-0.39, 0.29) is 5.95 Å². The highest BCUT2D eigenvalue weighted by atomic mass is 79.9. The van der Waals surface area contributed by atoms with E-state index >= 15 is 0 Å². The van der Waals surface area contributed by atoms with Crippen LogP contribution in [0.2, 0.25) is 0 Å². The maximum absolute atomic E-state index is 5.36. The molecular weight excluding hydrogens is 218 g/mol. The zero-order valence-electron chi connectivity index (χ0n) is 6.42. The van der Waals surface area contributed by atoms with Crippen LogP contribution in [0, 0.1) is 11.8 Å². The van der Waals surface area contributed by atoms with Gasteiger partial charge in [0.05, 0.1) is 0 Å². The number of nitrogens with zero attached hydrogens (tertiary/aromatic N) is 2. The number of hydrogen-bond donors (Lipinski definition) is 1. The van der Waals surface area contributed by atoms with Crippen LogP contribution in [0.15, 0.2) is 12.3 Å². The van der Waals surface area contributed by atoms with Gasteiger partial charge in [0.15, 0.2) is 0 Å². The highest BCUT2D eigenvalue weighted by Gasteiger charge is 1.88. The third-order valence-electron chi connectivity index (χ3n) is 1.11. The van der Waals surface area contributed by atoms with Crippen LogP contribution in [0.4, 0.5) is 5.95 Å². The lowest BCUT2D eigenvalue weighted by Crippen LogP contribution is -1.94. The summed E-state index contributed by atoms with van der Waals surface area (Å²) >= 11 is 3.28. The van der Waals surface area contributed by atoms with Crippen molar-refractivity contribution in [2.24, 2.45) is 0 Å². The lowest BCUT2D eigenvalue weighted by Gasteiger charge is -1.89. The number of hydrogen-bond acceptors (Lipinski definition) is 3. The Morgan fingerprint density at radius 3 is 3.08 bits per heavy atom. The fraction of sp³-hybridized carbons (Fsp3) is 0.250. The van der Waals surface area contributed by atoms with Gasteiger partial charge in [-0.15, -0.1) is 0 Å². The topological polar surface area (TPSA) is 51.8 Å². The lowest BCUT2D eigenvalue weighted by molar-refractivity contribution is 1.16. The van der Waals surface area contributed by atoms with E-state index in [2.05, 4.69) is 37.7 Å². The maximum Gasteiger partial charge on any atom is 0.221 e. The summed E-state index contributed by atoms with van der Waals surface area (Å²) in [6, 6.07) is 1.73. The van der Waals surface area contributed by atoms with Crippen molar-refractivity contribution in [1.29, 1.82) is 0 Å². The highest BCUT2D eigenvalue weighted by molar-refractivity contribution is 9.09. The van der Waals surface area contributed by atoms with Crippen LogP contribution in [0.1, 0.15) is 12.1 Å². The molecule has 0 aliphatic carbocycles. The summed E-state index contributed by atoms with van der Waals surface area (Å²) in [6.45, 7) is 0. The molecule has 0 amide bonds. The van der Waals surface area contributed by atoms with Crippen LogP contribution in [0.25, 0.3) is 0 Å². The number of nitrogens with two attached hydrogens (primary N) is 1. The van der Waals surface area contributed by atoms with Gasteiger partial charge in [-0.2, -0.15) is 0 Å². The Morgan fingerprint density at radius 1 is 1.58 bits per heavy atom. The SMILES string of the molecule is Nc1nccc(C#CCCBr)n1. The number of anilines is 1. The minimum Gasteiger partial charge on any atom is -0.368 e. The second-order valence-corrected chi connectivity index (χ2v) is 2.83. The second kappa shape index (κ2) is 4.73. The number of alkyl halides is 1. The number of aromatic nitrogens is 2. The van der Waals surface area contributed by atoms with Crippen molar-refractivity contribution in [3.05, 3.63) is 18.0 Å². The van der Waals surface area contributed by atoms with Gasteiger partial charge in [0.1, 0.15) is 5.69 Å². The Balaban J connectivity index is 2.71. The van der Waals surface area contributed by atoms with E-state index in [0.29, 0.717) is 5.69 Å². The summed E-state index contributed by atoms with van der Waals surface area (Å²) in [4.78, 5) is 7.68. The fourth-order valence-electron chi connectivity index (χ4n) is 0.644. The normalized spacial score (nSPS) is 8.75. The van der Waals surface area contributed by atoms with Gasteiger partial charge in [-0.3, -0.25) is 0 Å². The third-order valence-corrected chi connectivity index (χ3v) is 1.51. The summed E-state index contributed by atoms with van der Waals surface area (Å²) in [7, 11) is 0. The predicted octanol–water partition coefficient (Wildman–Crippen LogP) is 1.20. The third kappa shape index (κ3) is 2.89. The summed E-state index contributed by atoms with van der Waals surface area (Å²) < 4.78 is 0. The van der Waals surface area contributed by atoms with Gasteiger partial charge in [-0.25, -0.2) is 9.97 Å². The van der Waals surface area contributed by atoms with Gasteiger partial charge in [-0.05, 0) is 12.0 Å². The minimum absolute atomic E-state index is 0.264. The van der Waals surface area contributed by atoms with Crippen molar-refractivity contribution < 1.29 is 0 Å². The van der Waals surface area contributed by atoms with Crippen molar-refractivity contribution in [2.75, 3.05) is 11.1 Å². The average molecular weight is 226 g/mol. The molecule has 0 fully saturated rings. The first-order valence-corrected chi connectivity index (χ1v) is 4.58. The summed E-state index contributed by atoms with van der Waals surface area (Å²) in [5.41, 5.74) is 6.03. The smallest absolute Gasteiger partial charge is 0.221 e. The summed E-state index contributed by atoms with van der Waals surface area (Å²) in [5, 5.41) is 0.876. The molecule has 0 aromatic carbocycles. The predicted molar refractivity (Wildman–Crippen MR) is 51.7 cm³/mol. The van der Waals surface area contributed by atoms with Gasteiger partial charge in [0.2, 0.25) is 5.95 Å². The molecule has 12 heavy (non-hydrogen) atoms. The van der Waals surface area contributed by atoms with Crippen LogP contribution in [-0.2, 0) is 0 Å². The van der Waals surface area contributed by atoms with E-state index in [0.717, 1.165) is 11.8 Å². The Bertz CT molecular complexity index is 314. The van der Waals surface area contributed by atoms with Crippen LogP contribution in [0.3, 0.4) is 0 Å². The molecule has 1 rings (SSSR count). The number of rotatable bonds is 1. The monoisotopic (exact) mass is 225 g/mol. The van der Waals surface area contributed by atoms with Crippen LogP contribution >= 0.6 is 15.9 Å². The molecule has 0 saturated carbocycles. The first kappa shape index (κ1) is 9.01. The highest BCUT2D eigenvalue weighted by Crippen LogP contribution is 1.94. The van der Waals surface area contributed by atoms with E-state index < -0.39 is 0 Å². The Hall–Kier alpha value is -1.08. The minimum atomic E-state index is 0.264. The van der Waals surface area contributed by atoms with Crippen molar-refractivity contribution >= 4 is 21.9 Å². The van der Waals surface area contributed by atoms with Crippen LogP contribution < -0.4 is 5.73 Å². The molecule has 1 aromatic heterocycles. The summed E-state index contributed by atoms with van der Waals surface area (Å²) in [6.07, 6.45) is 2.41. The largest absolute Gasteiger partial charge is 0.368 e. The molecule has 0 aliphatic rings. The first-order chi connectivity index (χ1) is 5.83. The molecule has 1 heterocycles. The Labute approximate surface area is 79.5 Å². The number of nitrogen functional groups attached to an aromatic ring is 1. The van der Waals surface area contributed by atoms with Crippen molar-refractivity contribution in [3.63, 3.8) is 0 Å². The standard InChI is InChI=1S/C8H8BrN3/c9-5-2-1-3-7-4-6-11-8(10)12-7/h4,6H,2,5H2,(H2,10,11,12). The molecule has 0 unspecified atom stereocenters. The van der Waals surface area contributed by atoms with Gasteiger partial charge in [-0.1, -0.05) is 21.9 Å². The molecule has 4 heteroatoms. The lowest BCUT2D eigenvalue weighted by atomic mass is 10.4. The molecule has 2 N–H and O–H groups in total. The zero-order valence-corrected chi connectivity index (χ0v) is 8.00. The van der Waals surface area contributed by atoms with Crippen molar-refractivity contribution in [3.8, 4) is 11.8 Å². The second-order valence-electron chi connectivity index (χ2n) is 2.04. The van der Waals surface area contributed by atoms with E-state index in [1.165, 1.54) is 0 Å². The zero-order chi connectivity index (χ0) is 8.81. The van der Waals surface area contributed by atoms with E-state index in [1.54, 1.807) is 12.3 Å². The molecule has 0 aliphatic heterocycles. The van der Waals surface area contributed by atoms with Crippen molar-refractivity contribution in [2.45, 2.75) is 6.42 Å². The Kier molecular flexibility index (Phi) is 3.55. The molecule has 0 saturated heterocycles. The molecule has 0 spiro atoms. The molecule has 0 radical (unpaired) electrons. The van der Waals surface area contributed by atoms with Gasteiger partial charge in [0, 0.05) is 17.9 Å². The quantitative estimate of drug-likeness (QED) is 0.578. The summed E-state index contributed by atoms with van der Waals surface area (Å²) in [5.74, 6) is 6.08. The number of halogens is 1. The van der Waals surface area contributed by atoms with Crippen LogP contribution in [-0.4, -0.2) is 15.3 Å². The molecule has 1 aromatic rings. The van der Waals surface area contributed by atoms with E-state index in [9.17, 15) is 0 Å². The molecular formula is C8H8BrN3. The van der Waals surface area contributed by atoms with Crippen molar-refractivity contribution in [1.82, 2.24) is 9.97 Å². The van der Waals surface area contributed by atoms with E-state index in [1.807, 2.05) is 0 Å². The molecule has 3 nitrogen and oxygen atoms in total.